The van der Waals surface area contributed by atoms with Gasteiger partial charge in [0.15, 0.2) is 0 Å². The highest BCUT2D eigenvalue weighted by atomic mass is 16.5. The second-order valence-corrected chi connectivity index (χ2v) is 5.37. The Morgan fingerprint density at radius 1 is 0.810 bits per heavy atom. The summed E-state index contributed by atoms with van der Waals surface area (Å²) in [5, 5.41) is 0. The lowest BCUT2D eigenvalue weighted by atomic mass is 10.0. The Morgan fingerprint density at radius 2 is 1.48 bits per heavy atom. The first kappa shape index (κ1) is 15.6. The first-order valence-corrected chi connectivity index (χ1v) is 7.84. The SMILES string of the molecule is NCC(CCCCCc1ccccc1)Oc1ccccc1. The molecule has 0 amide bonds. The Kier molecular flexibility index (Phi) is 6.82. The minimum Gasteiger partial charge on any atom is -0.489 e. The molecule has 2 heteroatoms. The van der Waals surface area contributed by atoms with E-state index < -0.39 is 0 Å². The molecule has 0 aliphatic rings. The molecule has 0 aromatic heterocycles. The molecule has 0 aliphatic carbocycles. The van der Waals surface area contributed by atoms with Crippen molar-refractivity contribution in [2.75, 3.05) is 6.54 Å². The average molecular weight is 283 g/mol. The summed E-state index contributed by atoms with van der Waals surface area (Å²) in [4.78, 5) is 0. The molecule has 1 unspecified atom stereocenters. The summed E-state index contributed by atoms with van der Waals surface area (Å²) in [5.74, 6) is 0.914. The molecule has 2 aromatic carbocycles. The Bertz CT molecular complexity index is 483. The van der Waals surface area contributed by atoms with Crippen molar-refractivity contribution in [3.05, 3.63) is 66.2 Å². The van der Waals surface area contributed by atoms with E-state index in [4.69, 9.17) is 10.5 Å². The molecule has 2 aromatic rings. The van der Waals surface area contributed by atoms with E-state index in [0.717, 1.165) is 18.6 Å². The number of rotatable bonds is 9. The van der Waals surface area contributed by atoms with Crippen LogP contribution in [0.1, 0.15) is 31.2 Å². The second-order valence-electron chi connectivity index (χ2n) is 5.37. The summed E-state index contributed by atoms with van der Waals surface area (Å²) in [6.45, 7) is 0.577. The van der Waals surface area contributed by atoms with Crippen LogP contribution in [0.5, 0.6) is 5.75 Å². The number of hydrogen-bond donors (Lipinski definition) is 1. The van der Waals surface area contributed by atoms with Gasteiger partial charge >= 0.3 is 0 Å². The quantitative estimate of drug-likeness (QED) is 0.700. The van der Waals surface area contributed by atoms with E-state index in [1.165, 1.54) is 24.8 Å². The van der Waals surface area contributed by atoms with Gasteiger partial charge in [-0.05, 0) is 43.4 Å². The third kappa shape index (κ3) is 6.01. The third-order valence-electron chi connectivity index (χ3n) is 3.64. The number of unbranched alkanes of at least 4 members (excludes halogenated alkanes) is 2. The summed E-state index contributed by atoms with van der Waals surface area (Å²) in [6, 6.07) is 20.6. The zero-order valence-electron chi connectivity index (χ0n) is 12.6. The number of benzene rings is 2. The Morgan fingerprint density at radius 3 is 2.14 bits per heavy atom. The topological polar surface area (TPSA) is 35.2 Å². The van der Waals surface area contributed by atoms with Crippen molar-refractivity contribution in [1.29, 1.82) is 0 Å². The maximum atomic E-state index is 5.90. The van der Waals surface area contributed by atoms with E-state index in [1.807, 2.05) is 30.3 Å². The van der Waals surface area contributed by atoms with Gasteiger partial charge in [-0.25, -0.2) is 0 Å². The van der Waals surface area contributed by atoms with Crippen LogP contribution in [0, 0.1) is 0 Å². The molecule has 1 atom stereocenters. The number of ether oxygens (including phenoxy) is 1. The van der Waals surface area contributed by atoms with Gasteiger partial charge in [-0.1, -0.05) is 55.0 Å². The fraction of sp³-hybridized carbons (Fsp3) is 0.368. The third-order valence-corrected chi connectivity index (χ3v) is 3.64. The lowest BCUT2D eigenvalue weighted by molar-refractivity contribution is 0.195. The number of nitrogens with two attached hydrogens (primary N) is 1. The van der Waals surface area contributed by atoms with Gasteiger partial charge in [-0.3, -0.25) is 0 Å². The van der Waals surface area contributed by atoms with Crippen LogP contribution in [0.25, 0.3) is 0 Å². The van der Waals surface area contributed by atoms with E-state index >= 15 is 0 Å². The van der Waals surface area contributed by atoms with E-state index in [2.05, 4.69) is 30.3 Å². The van der Waals surface area contributed by atoms with Crippen molar-refractivity contribution < 1.29 is 4.74 Å². The molecule has 0 fully saturated rings. The van der Waals surface area contributed by atoms with E-state index in [1.54, 1.807) is 0 Å². The van der Waals surface area contributed by atoms with Gasteiger partial charge in [-0.2, -0.15) is 0 Å². The molecule has 0 spiro atoms. The van der Waals surface area contributed by atoms with Crippen molar-refractivity contribution in [3.63, 3.8) is 0 Å². The summed E-state index contributed by atoms with van der Waals surface area (Å²) >= 11 is 0. The zero-order valence-corrected chi connectivity index (χ0v) is 12.6. The van der Waals surface area contributed by atoms with Gasteiger partial charge in [0.2, 0.25) is 0 Å². The molecule has 0 radical (unpaired) electrons. The van der Waals surface area contributed by atoms with Crippen molar-refractivity contribution in [2.24, 2.45) is 5.73 Å². The van der Waals surface area contributed by atoms with E-state index in [9.17, 15) is 0 Å². The first-order valence-electron chi connectivity index (χ1n) is 7.84. The molecule has 2 N–H and O–H groups in total. The van der Waals surface area contributed by atoms with Crippen LogP contribution in [-0.2, 0) is 6.42 Å². The fourth-order valence-corrected chi connectivity index (χ4v) is 2.44. The summed E-state index contributed by atoms with van der Waals surface area (Å²) in [7, 11) is 0. The highest BCUT2D eigenvalue weighted by Gasteiger charge is 2.07. The molecule has 0 aliphatic heterocycles. The van der Waals surface area contributed by atoms with Crippen LogP contribution in [-0.4, -0.2) is 12.6 Å². The molecule has 0 saturated heterocycles. The summed E-state index contributed by atoms with van der Waals surface area (Å²) in [6.07, 6.45) is 5.94. The number of aryl methyl sites for hydroxylation is 1. The second kappa shape index (κ2) is 9.19. The molecular formula is C19H25NO. The van der Waals surface area contributed by atoms with Gasteiger partial charge in [0, 0.05) is 6.54 Å². The van der Waals surface area contributed by atoms with Gasteiger partial charge < -0.3 is 10.5 Å². The largest absolute Gasteiger partial charge is 0.489 e. The van der Waals surface area contributed by atoms with Crippen molar-refractivity contribution in [2.45, 2.75) is 38.2 Å². The molecule has 2 nitrogen and oxygen atoms in total. The molecule has 0 saturated carbocycles. The Labute approximate surface area is 127 Å². The van der Waals surface area contributed by atoms with Crippen molar-refractivity contribution >= 4 is 0 Å². The zero-order chi connectivity index (χ0) is 14.8. The van der Waals surface area contributed by atoms with E-state index in [0.29, 0.717) is 6.54 Å². The molecule has 0 heterocycles. The number of para-hydroxylation sites is 1. The molecular weight excluding hydrogens is 258 g/mol. The minimum atomic E-state index is 0.129. The lowest BCUT2D eigenvalue weighted by Gasteiger charge is -2.17. The monoisotopic (exact) mass is 283 g/mol. The maximum Gasteiger partial charge on any atom is 0.119 e. The molecule has 112 valence electrons. The molecule has 0 bridgehead atoms. The number of hydrogen-bond acceptors (Lipinski definition) is 2. The standard InChI is InChI=1S/C19H25NO/c20-16-19(21-18-13-7-3-8-14-18)15-9-2-6-12-17-10-4-1-5-11-17/h1,3-5,7-8,10-11,13-14,19H,2,6,9,12,15-16,20H2. The highest BCUT2D eigenvalue weighted by molar-refractivity contribution is 5.21. The van der Waals surface area contributed by atoms with Crippen LogP contribution in [0.15, 0.2) is 60.7 Å². The lowest BCUT2D eigenvalue weighted by Crippen LogP contribution is -2.26. The maximum absolute atomic E-state index is 5.90. The fourth-order valence-electron chi connectivity index (χ4n) is 2.44. The van der Waals surface area contributed by atoms with Gasteiger partial charge in [0.05, 0.1) is 0 Å². The van der Waals surface area contributed by atoms with Gasteiger partial charge in [0.25, 0.3) is 0 Å². The predicted molar refractivity (Wildman–Crippen MR) is 88.5 cm³/mol. The average Bonchev–Trinajstić information content (AvgIpc) is 2.55. The van der Waals surface area contributed by atoms with Crippen LogP contribution in [0.4, 0.5) is 0 Å². The van der Waals surface area contributed by atoms with Crippen LogP contribution in [0.2, 0.25) is 0 Å². The van der Waals surface area contributed by atoms with Crippen molar-refractivity contribution in [3.8, 4) is 5.75 Å². The smallest absolute Gasteiger partial charge is 0.119 e. The van der Waals surface area contributed by atoms with Crippen LogP contribution >= 0.6 is 0 Å². The summed E-state index contributed by atoms with van der Waals surface area (Å²) in [5.41, 5.74) is 7.23. The minimum absolute atomic E-state index is 0.129. The van der Waals surface area contributed by atoms with Gasteiger partial charge in [0.1, 0.15) is 11.9 Å². The van der Waals surface area contributed by atoms with Gasteiger partial charge in [-0.15, -0.1) is 0 Å². The predicted octanol–water partition coefficient (Wildman–Crippen LogP) is 4.20. The Balaban J connectivity index is 1.62. The van der Waals surface area contributed by atoms with E-state index in [-0.39, 0.29) is 6.10 Å². The van der Waals surface area contributed by atoms with Crippen LogP contribution < -0.4 is 10.5 Å². The normalized spacial score (nSPS) is 12.0. The highest BCUT2D eigenvalue weighted by Crippen LogP contribution is 2.15. The first-order chi connectivity index (χ1) is 10.4. The summed E-state index contributed by atoms with van der Waals surface area (Å²) < 4.78 is 5.90. The molecule has 2 rings (SSSR count). The Hall–Kier alpha value is -1.80. The van der Waals surface area contributed by atoms with Crippen molar-refractivity contribution in [1.82, 2.24) is 0 Å². The van der Waals surface area contributed by atoms with Crippen LogP contribution in [0.3, 0.4) is 0 Å². The molecule has 21 heavy (non-hydrogen) atoms.